The zero-order chi connectivity index (χ0) is 18.7. The van der Waals surface area contributed by atoms with Crippen LogP contribution in [0.25, 0.3) is 0 Å². The summed E-state index contributed by atoms with van der Waals surface area (Å²) >= 11 is 11.9. The van der Waals surface area contributed by atoms with E-state index in [0.29, 0.717) is 41.9 Å². The average molecular weight is 409 g/mol. The van der Waals surface area contributed by atoms with E-state index in [4.69, 9.17) is 27.9 Å². The highest BCUT2D eigenvalue weighted by Crippen LogP contribution is 2.30. The van der Waals surface area contributed by atoms with E-state index in [0.717, 1.165) is 0 Å². The Kier molecular flexibility index (Phi) is 6.73. The normalized spacial score (nSPS) is 16.6. The van der Waals surface area contributed by atoms with Crippen molar-refractivity contribution in [2.45, 2.75) is 19.3 Å². The molecule has 1 aliphatic rings. The van der Waals surface area contributed by atoms with Gasteiger partial charge >= 0.3 is 0 Å². The van der Waals surface area contributed by atoms with E-state index in [1.165, 1.54) is 4.31 Å². The Morgan fingerprint density at radius 2 is 1.88 bits per heavy atom. The number of hydrogen-bond donors (Lipinski definition) is 1. The molecule has 0 bridgehead atoms. The number of morpholine rings is 1. The third-order valence-corrected chi connectivity index (χ3v) is 6.83. The molecule has 25 heavy (non-hydrogen) atoms. The third-order valence-electron chi connectivity index (χ3n) is 4.22. The van der Waals surface area contributed by atoms with Crippen molar-refractivity contribution in [1.29, 1.82) is 0 Å². The van der Waals surface area contributed by atoms with Gasteiger partial charge in [-0.1, -0.05) is 29.3 Å². The van der Waals surface area contributed by atoms with Crippen LogP contribution in [0.5, 0.6) is 0 Å². The molecular weight excluding hydrogens is 387 g/mol. The lowest BCUT2D eigenvalue weighted by Gasteiger charge is -2.27. The number of halogens is 2. The number of nitrogens with zero attached hydrogens (tertiary/aromatic N) is 1. The zero-order valence-corrected chi connectivity index (χ0v) is 16.5. The monoisotopic (exact) mass is 408 g/mol. The van der Waals surface area contributed by atoms with Gasteiger partial charge in [-0.25, -0.2) is 8.42 Å². The molecule has 1 aliphatic heterocycles. The first-order chi connectivity index (χ1) is 11.6. The van der Waals surface area contributed by atoms with Gasteiger partial charge in [0.15, 0.2) is 0 Å². The van der Waals surface area contributed by atoms with Crippen molar-refractivity contribution in [3.05, 3.63) is 33.8 Å². The van der Waals surface area contributed by atoms with E-state index in [9.17, 15) is 13.2 Å². The molecule has 0 unspecified atom stereocenters. The highest BCUT2D eigenvalue weighted by Gasteiger charge is 2.31. The van der Waals surface area contributed by atoms with Gasteiger partial charge in [0.05, 0.1) is 34.4 Å². The first-order valence-corrected chi connectivity index (χ1v) is 10.3. The maximum absolute atomic E-state index is 12.5. The van der Waals surface area contributed by atoms with Crippen LogP contribution in [-0.4, -0.2) is 57.2 Å². The quantitative estimate of drug-likeness (QED) is 0.781. The largest absolute Gasteiger partial charge is 0.379 e. The minimum absolute atomic E-state index is 0.0449. The molecule has 1 fully saturated rings. The summed E-state index contributed by atoms with van der Waals surface area (Å²) in [6.07, 6.45) is 0. The first-order valence-electron chi connectivity index (χ1n) is 7.94. The molecule has 0 aliphatic carbocycles. The van der Waals surface area contributed by atoms with Gasteiger partial charge in [-0.15, -0.1) is 0 Å². The predicted molar refractivity (Wildman–Crippen MR) is 98.7 cm³/mol. The van der Waals surface area contributed by atoms with Gasteiger partial charge in [-0.2, -0.15) is 4.31 Å². The number of sulfonamides is 1. The van der Waals surface area contributed by atoms with Gasteiger partial charge in [0.2, 0.25) is 15.9 Å². The number of amides is 1. The zero-order valence-electron chi connectivity index (χ0n) is 14.2. The Hall–Kier alpha value is -0.860. The van der Waals surface area contributed by atoms with E-state index in [1.807, 2.05) is 0 Å². The number of ether oxygens (including phenoxy) is 1. The number of carbonyl (C=O) groups excluding carboxylic acids is 1. The van der Waals surface area contributed by atoms with Gasteiger partial charge in [-0.3, -0.25) is 4.79 Å². The fourth-order valence-corrected chi connectivity index (χ4v) is 4.11. The number of carbonyl (C=O) groups is 1. The van der Waals surface area contributed by atoms with E-state index < -0.39 is 15.4 Å². The lowest BCUT2D eigenvalue weighted by molar-refractivity contribution is -0.125. The fraction of sp³-hybridized carbons (Fsp3) is 0.562. The Balaban J connectivity index is 1.95. The Morgan fingerprint density at radius 3 is 2.48 bits per heavy atom. The summed E-state index contributed by atoms with van der Waals surface area (Å²) in [5, 5.41) is 3.48. The molecule has 1 saturated heterocycles. The molecule has 1 N–H and O–H groups in total. The molecule has 1 aromatic rings. The number of nitrogens with one attached hydrogen (secondary N) is 1. The summed E-state index contributed by atoms with van der Waals surface area (Å²) in [4.78, 5) is 12.5. The molecule has 0 radical (unpaired) electrons. The van der Waals surface area contributed by atoms with Crippen molar-refractivity contribution in [2.75, 3.05) is 38.6 Å². The van der Waals surface area contributed by atoms with Gasteiger partial charge in [0.1, 0.15) is 0 Å². The second-order valence-corrected chi connectivity index (χ2v) is 9.24. The molecule has 6 nitrogen and oxygen atoms in total. The Bertz CT molecular complexity index is 732. The molecule has 2 rings (SSSR count). The van der Waals surface area contributed by atoms with Crippen LogP contribution in [-0.2, 0) is 25.0 Å². The molecular formula is C16H22Cl2N2O4S. The van der Waals surface area contributed by atoms with Crippen LogP contribution in [0, 0.1) is 0 Å². The highest BCUT2D eigenvalue weighted by atomic mass is 35.5. The van der Waals surface area contributed by atoms with Gasteiger partial charge in [-0.05, 0) is 31.5 Å². The van der Waals surface area contributed by atoms with Crippen LogP contribution in [0.1, 0.15) is 19.4 Å². The molecule has 0 spiro atoms. The SMILES string of the molecule is CC(C)(C(=O)NCCS(=O)(=O)N1CCOCC1)c1ccc(Cl)c(Cl)c1. The number of benzene rings is 1. The van der Waals surface area contributed by atoms with E-state index >= 15 is 0 Å². The van der Waals surface area contributed by atoms with Crippen LogP contribution in [0.4, 0.5) is 0 Å². The van der Waals surface area contributed by atoms with Crippen LogP contribution >= 0.6 is 23.2 Å². The van der Waals surface area contributed by atoms with Crippen molar-refractivity contribution in [3.8, 4) is 0 Å². The average Bonchev–Trinajstić information content (AvgIpc) is 2.57. The van der Waals surface area contributed by atoms with Crippen LogP contribution in [0.3, 0.4) is 0 Å². The molecule has 140 valence electrons. The Morgan fingerprint density at radius 1 is 1.24 bits per heavy atom. The standard InChI is InChI=1S/C16H22Cl2N2O4S/c1-16(2,12-3-4-13(17)14(18)11-12)15(21)19-5-10-25(22,23)20-6-8-24-9-7-20/h3-4,11H,5-10H2,1-2H3,(H,19,21). The number of rotatable bonds is 6. The van der Waals surface area contributed by atoms with Crippen molar-refractivity contribution in [1.82, 2.24) is 9.62 Å². The summed E-state index contributed by atoms with van der Waals surface area (Å²) in [5.41, 5.74) is -0.160. The summed E-state index contributed by atoms with van der Waals surface area (Å²) in [5.74, 6) is -0.418. The van der Waals surface area contributed by atoms with Crippen LogP contribution in [0.2, 0.25) is 10.0 Å². The van der Waals surface area contributed by atoms with E-state index in [-0.39, 0.29) is 18.2 Å². The van der Waals surface area contributed by atoms with E-state index in [1.54, 1.807) is 32.0 Å². The topological polar surface area (TPSA) is 75.7 Å². The van der Waals surface area contributed by atoms with Crippen molar-refractivity contribution >= 4 is 39.1 Å². The predicted octanol–water partition coefficient (Wildman–Crippen LogP) is 2.05. The molecule has 1 aromatic carbocycles. The summed E-state index contributed by atoms with van der Waals surface area (Å²) < 4.78 is 31.1. The summed E-state index contributed by atoms with van der Waals surface area (Å²) in [6.45, 7) is 5.04. The highest BCUT2D eigenvalue weighted by molar-refractivity contribution is 7.89. The maximum atomic E-state index is 12.5. The first kappa shape index (κ1) is 20.5. The molecule has 1 amide bonds. The Labute approximate surface area is 158 Å². The maximum Gasteiger partial charge on any atom is 0.230 e. The fourth-order valence-electron chi connectivity index (χ4n) is 2.48. The van der Waals surface area contributed by atoms with Gasteiger partial charge in [0, 0.05) is 19.6 Å². The van der Waals surface area contributed by atoms with Crippen LogP contribution < -0.4 is 5.32 Å². The van der Waals surface area contributed by atoms with Crippen molar-refractivity contribution < 1.29 is 17.9 Å². The molecule has 0 aromatic heterocycles. The van der Waals surface area contributed by atoms with Gasteiger partial charge in [0.25, 0.3) is 0 Å². The minimum atomic E-state index is -3.40. The number of hydrogen-bond acceptors (Lipinski definition) is 4. The lowest BCUT2D eigenvalue weighted by atomic mass is 9.84. The third kappa shape index (κ3) is 5.08. The molecule has 1 heterocycles. The molecule has 0 saturated carbocycles. The summed E-state index contributed by atoms with van der Waals surface area (Å²) in [6, 6.07) is 5.02. The smallest absolute Gasteiger partial charge is 0.230 e. The second-order valence-electron chi connectivity index (χ2n) is 6.34. The van der Waals surface area contributed by atoms with Crippen molar-refractivity contribution in [3.63, 3.8) is 0 Å². The lowest BCUT2D eigenvalue weighted by Crippen LogP contribution is -2.46. The van der Waals surface area contributed by atoms with Gasteiger partial charge < -0.3 is 10.1 Å². The molecule has 9 heteroatoms. The van der Waals surface area contributed by atoms with Crippen molar-refractivity contribution in [2.24, 2.45) is 0 Å². The summed E-state index contributed by atoms with van der Waals surface area (Å²) in [7, 11) is -3.40. The van der Waals surface area contributed by atoms with Crippen LogP contribution in [0.15, 0.2) is 18.2 Å². The minimum Gasteiger partial charge on any atom is -0.379 e. The van der Waals surface area contributed by atoms with E-state index in [2.05, 4.69) is 5.32 Å². The second kappa shape index (κ2) is 8.22. The molecule has 0 atom stereocenters.